The molecule has 0 aliphatic rings. The van der Waals surface area contributed by atoms with Crippen molar-refractivity contribution in [3.05, 3.63) is 96.7 Å². The van der Waals surface area contributed by atoms with E-state index in [-0.39, 0.29) is 0 Å². The minimum atomic E-state index is 0.485. The molecule has 2 N–H and O–H groups in total. The Hall–Kier alpha value is -4.06. The van der Waals surface area contributed by atoms with E-state index in [0.29, 0.717) is 18.2 Å². The fourth-order valence-corrected chi connectivity index (χ4v) is 2.85. The van der Waals surface area contributed by atoms with Gasteiger partial charge in [0, 0.05) is 12.7 Å². The number of anilines is 3. The summed E-state index contributed by atoms with van der Waals surface area (Å²) >= 11 is 0. The molecule has 30 heavy (non-hydrogen) atoms. The van der Waals surface area contributed by atoms with E-state index in [4.69, 9.17) is 9.47 Å². The highest BCUT2D eigenvalue weighted by atomic mass is 16.5. The quantitative estimate of drug-likeness (QED) is 0.401. The normalized spacial score (nSPS) is 10.3. The third-order valence-corrected chi connectivity index (χ3v) is 4.39. The van der Waals surface area contributed by atoms with Crippen LogP contribution in [0.5, 0.6) is 17.2 Å². The Morgan fingerprint density at radius 1 is 0.800 bits per heavy atom. The highest BCUT2D eigenvalue weighted by Crippen LogP contribution is 2.30. The zero-order valence-corrected chi connectivity index (χ0v) is 16.6. The molecule has 4 rings (SSSR count). The smallest absolute Gasteiger partial charge is 0.229 e. The molecule has 0 saturated carbocycles. The van der Waals surface area contributed by atoms with E-state index in [9.17, 15) is 0 Å². The first kappa shape index (κ1) is 19.3. The fraction of sp³-hybridized carbons (Fsp3) is 0.0833. The second-order valence-corrected chi connectivity index (χ2v) is 6.50. The third-order valence-electron chi connectivity index (χ3n) is 4.39. The van der Waals surface area contributed by atoms with Crippen molar-refractivity contribution >= 4 is 17.5 Å². The Morgan fingerprint density at radius 3 is 2.37 bits per heavy atom. The van der Waals surface area contributed by atoms with Crippen LogP contribution in [0.15, 0.2) is 91.1 Å². The third kappa shape index (κ3) is 5.05. The molecule has 6 nitrogen and oxygen atoms in total. The van der Waals surface area contributed by atoms with Gasteiger partial charge < -0.3 is 20.1 Å². The predicted molar refractivity (Wildman–Crippen MR) is 119 cm³/mol. The van der Waals surface area contributed by atoms with Gasteiger partial charge in [-0.05, 0) is 48.0 Å². The molecule has 3 aromatic carbocycles. The summed E-state index contributed by atoms with van der Waals surface area (Å²) in [5.41, 5.74) is 1.92. The van der Waals surface area contributed by atoms with Crippen LogP contribution in [-0.4, -0.2) is 17.1 Å². The molecule has 0 amide bonds. The molecular formula is C24H22N4O2. The van der Waals surface area contributed by atoms with Crippen LogP contribution in [0.1, 0.15) is 5.56 Å². The Morgan fingerprint density at radius 2 is 1.57 bits per heavy atom. The van der Waals surface area contributed by atoms with Crippen molar-refractivity contribution in [2.45, 2.75) is 6.54 Å². The minimum absolute atomic E-state index is 0.485. The Balaban J connectivity index is 1.44. The second kappa shape index (κ2) is 9.43. The number of hydrogen-bond acceptors (Lipinski definition) is 6. The van der Waals surface area contributed by atoms with Gasteiger partial charge in [0.1, 0.15) is 17.3 Å². The van der Waals surface area contributed by atoms with Crippen molar-refractivity contribution in [1.82, 2.24) is 9.97 Å². The van der Waals surface area contributed by atoms with E-state index >= 15 is 0 Å². The van der Waals surface area contributed by atoms with Gasteiger partial charge in [0.2, 0.25) is 5.95 Å². The summed E-state index contributed by atoms with van der Waals surface area (Å²) in [5, 5.41) is 6.56. The van der Waals surface area contributed by atoms with Crippen LogP contribution in [0.4, 0.5) is 17.5 Å². The van der Waals surface area contributed by atoms with Gasteiger partial charge in [-0.25, -0.2) is 4.98 Å². The van der Waals surface area contributed by atoms with E-state index in [1.54, 1.807) is 13.3 Å². The van der Waals surface area contributed by atoms with Gasteiger partial charge in [-0.3, -0.25) is 0 Å². The molecule has 0 spiro atoms. The summed E-state index contributed by atoms with van der Waals surface area (Å²) in [6.45, 7) is 0.647. The molecule has 150 valence electrons. The summed E-state index contributed by atoms with van der Waals surface area (Å²) in [5.74, 6) is 3.51. The molecule has 0 aliphatic carbocycles. The zero-order chi connectivity index (χ0) is 20.6. The summed E-state index contributed by atoms with van der Waals surface area (Å²) in [6.07, 6.45) is 1.71. The molecule has 0 saturated heterocycles. The molecule has 0 atom stereocenters. The number of para-hydroxylation sites is 3. The van der Waals surface area contributed by atoms with Crippen LogP contribution in [0, 0.1) is 0 Å². The van der Waals surface area contributed by atoms with Gasteiger partial charge in [0.05, 0.1) is 12.8 Å². The molecule has 0 unspecified atom stereocenters. The summed E-state index contributed by atoms with van der Waals surface area (Å²) in [4.78, 5) is 8.88. The first-order chi connectivity index (χ1) is 14.8. The van der Waals surface area contributed by atoms with Crippen LogP contribution in [0.25, 0.3) is 0 Å². The average Bonchev–Trinajstić information content (AvgIpc) is 2.80. The highest BCUT2D eigenvalue weighted by Gasteiger charge is 2.07. The maximum absolute atomic E-state index is 5.99. The number of rotatable bonds is 8. The maximum atomic E-state index is 5.99. The van der Waals surface area contributed by atoms with Gasteiger partial charge in [0.15, 0.2) is 5.75 Å². The van der Waals surface area contributed by atoms with Crippen molar-refractivity contribution in [1.29, 1.82) is 0 Å². The number of aromatic nitrogens is 2. The maximum Gasteiger partial charge on any atom is 0.229 e. The summed E-state index contributed by atoms with van der Waals surface area (Å²) < 4.78 is 11.2. The van der Waals surface area contributed by atoms with E-state index in [0.717, 1.165) is 28.6 Å². The van der Waals surface area contributed by atoms with Crippen molar-refractivity contribution in [2.75, 3.05) is 17.7 Å². The van der Waals surface area contributed by atoms with E-state index in [2.05, 4.69) is 20.6 Å². The Labute approximate surface area is 175 Å². The van der Waals surface area contributed by atoms with Gasteiger partial charge in [-0.15, -0.1) is 0 Å². The molecule has 1 aromatic heterocycles. The van der Waals surface area contributed by atoms with Crippen LogP contribution >= 0.6 is 0 Å². The second-order valence-electron chi connectivity index (χ2n) is 6.50. The molecule has 0 radical (unpaired) electrons. The number of nitrogens with one attached hydrogen (secondary N) is 2. The van der Waals surface area contributed by atoms with E-state index < -0.39 is 0 Å². The number of benzene rings is 3. The topological polar surface area (TPSA) is 68.3 Å². The van der Waals surface area contributed by atoms with Crippen molar-refractivity contribution in [2.24, 2.45) is 0 Å². The molecule has 6 heteroatoms. The zero-order valence-electron chi connectivity index (χ0n) is 16.6. The highest BCUT2D eigenvalue weighted by molar-refractivity contribution is 5.63. The summed E-state index contributed by atoms with van der Waals surface area (Å²) in [6, 6.07) is 27.1. The first-order valence-electron chi connectivity index (χ1n) is 9.59. The molecule has 4 aromatic rings. The SMILES string of the molecule is COc1ccc(CNc2ccnc(Nc3ccccc3Oc3ccccc3)n2)cc1. The van der Waals surface area contributed by atoms with E-state index in [1.165, 1.54) is 0 Å². The monoisotopic (exact) mass is 398 g/mol. The molecule has 0 bridgehead atoms. The number of methoxy groups -OCH3 is 1. The van der Waals surface area contributed by atoms with Crippen molar-refractivity contribution in [3.63, 3.8) is 0 Å². The molecular weight excluding hydrogens is 376 g/mol. The van der Waals surface area contributed by atoms with Crippen LogP contribution in [0.3, 0.4) is 0 Å². The number of hydrogen-bond donors (Lipinski definition) is 2. The van der Waals surface area contributed by atoms with Crippen LogP contribution in [-0.2, 0) is 6.54 Å². The van der Waals surface area contributed by atoms with Gasteiger partial charge in [-0.2, -0.15) is 4.98 Å². The van der Waals surface area contributed by atoms with Crippen molar-refractivity contribution in [3.8, 4) is 17.2 Å². The fourth-order valence-electron chi connectivity index (χ4n) is 2.85. The first-order valence-corrected chi connectivity index (χ1v) is 9.59. The number of ether oxygens (including phenoxy) is 2. The van der Waals surface area contributed by atoms with Crippen LogP contribution < -0.4 is 20.1 Å². The predicted octanol–water partition coefficient (Wildman–Crippen LogP) is 5.63. The molecule has 0 fully saturated rings. The van der Waals surface area contributed by atoms with Gasteiger partial charge in [0.25, 0.3) is 0 Å². The summed E-state index contributed by atoms with van der Waals surface area (Å²) in [7, 11) is 1.66. The van der Waals surface area contributed by atoms with Gasteiger partial charge >= 0.3 is 0 Å². The Kier molecular flexibility index (Phi) is 6.05. The van der Waals surface area contributed by atoms with Crippen LogP contribution in [0.2, 0.25) is 0 Å². The molecule has 1 heterocycles. The Bertz CT molecular complexity index is 1090. The van der Waals surface area contributed by atoms with E-state index in [1.807, 2.05) is 84.9 Å². The lowest BCUT2D eigenvalue weighted by molar-refractivity contribution is 0.414. The lowest BCUT2D eigenvalue weighted by atomic mass is 10.2. The number of nitrogens with zero attached hydrogens (tertiary/aromatic N) is 2. The molecule has 0 aliphatic heterocycles. The average molecular weight is 398 g/mol. The van der Waals surface area contributed by atoms with Gasteiger partial charge in [-0.1, -0.05) is 42.5 Å². The standard InChI is InChI=1S/C24H22N4O2/c1-29-19-13-11-18(12-14-19)17-26-23-15-16-25-24(28-23)27-21-9-5-6-10-22(21)30-20-7-3-2-4-8-20/h2-16H,17H2,1H3,(H2,25,26,27,28). The van der Waals surface area contributed by atoms with Crippen molar-refractivity contribution < 1.29 is 9.47 Å². The lowest BCUT2D eigenvalue weighted by Gasteiger charge is -2.13. The lowest BCUT2D eigenvalue weighted by Crippen LogP contribution is -2.04. The largest absolute Gasteiger partial charge is 0.497 e. The minimum Gasteiger partial charge on any atom is -0.497 e.